The van der Waals surface area contributed by atoms with E-state index in [1.807, 2.05) is 127 Å². The highest BCUT2D eigenvalue weighted by atomic mass is 19.1. The minimum atomic E-state index is -0.615. The van der Waals surface area contributed by atoms with E-state index in [0.29, 0.717) is 91.8 Å². The van der Waals surface area contributed by atoms with Crippen molar-refractivity contribution in [1.82, 2.24) is 74.2 Å². The van der Waals surface area contributed by atoms with Crippen molar-refractivity contribution in [3.63, 3.8) is 0 Å². The molecule has 15 rings (SSSR count). The SMILES string of the molecule is C=CC(=O)N(C)Cc1ccc(Nc2nc(Nc3cccc(N4CCN(CCO)CC4)c3)ncc2F)cc1.C=CC(=O)N(C)Cc1ccc(Nc2nc(Nc3cccc(OCC4CCN(C)CC4)c3)ncc2F)cc1.C=CC(=O)N(C)Cc1ccc(Nc2nc(Nc3cccc(OCCN(CC)CC)c3)ncc2F)cc1.C=CC(=O)Nc1cccc(Nc2nc(Nc3cccc(OCCN4CCOCC4)c3)ncc2F)c1. The Kier molecular flexibility index (Phi) is 41.6. The van der Waals surface area contributed by atoms with Crippen molar-refractivity contribution in [3.8, 4) is 17.2 Å². The number of aliphatic hydroxyl groups is 1. The number of aliphatic hydroxyl groups excluding tert-OH is 1. The van der Waals surface area contributed by atoms with Gasteiger partial charge in [-0.05, 0) is 202 Å². The lowest BCUT2D eigenvalue weighted by Gasteiger charge is -2.35. The Labute approximate surface area is 842 Å². The highest BCUT2D eigenvalue weighted by Gasteiger charge is 2.23. The summed E-state index contributed by atoms with van der Waals surface area (Å²) in [5.41, 5.74) is 9.94. The third kappa shape index (κ3) is 35.3. The van der Waals surface area contributed by atoms with Crippen LogP contribution in [0.15, 0.2) is 270 Å². The number of carbonyl (C=O) groups is 4. The van der Waals surface area contributed by atoms with Gasteiger partial charge in [0.15, 0.2) is 46.5 Å². The molecule has 0 aliphatic carbocycles. The number of β-amino-alcohol motifs (C(OH)–C–C–N with tert-alkyl or cyclic N) is 1. The van der Waals surface area contributed by atoms with Gasteiger partial charge in [0.05, 0.1) is 51.2 Å². The van der Waals surface area contributed by atoms with Gasteiger partial charge < -0.3 is 101 Å². The number of hydrogen-bond acceptors (Lipinski definition) is 30. The van der Waals surface area contributed by atoms with Gasteiger partial charge in [-0.3, -0.25) is 29.0 Å². The maximum Gasteiger partial charge on any atom is 0.247 e. The normalized spacial score (nSPS) is 13.1. The number of rotatable bonds is 43. The zero-order chi connectivity index (χ0) is 103. The van der Waals surface area contributed by atoms with Gasteiger partial charge in [-0.2, -0.15) is 19.9 Å². The zero-order valence-corrected chi connectivity index (χ0v) is 82.4. The first-order valence-electron chi connectivity index (χ1n) is 47.6. The van der Waals surface area contributed by atoms with Gasteiger partial charge in [0, 0.05) is 175 Å². The summed E-state index contributed by atoms with van der Waals surface area (Å²) in [5, 5.41) is 36.2. The molecule has 145 heavy (non-hydrogen) atoms. The van der Waals surface area contributed by atoms with Crippen molar-refractivity contribution in [2.24, 2.45) is 5.92 Å². The summed E-state index contributed by atoms with van der Waals surface area (Å²) in [4.78, 5) is 96.1. The smallest absolute Gasteiger partial charge is 0.247 e. The van der Waals surface area contributed by atoms with Gasteiger partial charge >= 0.3 is 0 Å². The van der Waals surface area contributed by atoms with Crippen LogP contribution in [0.2, 0.25) is 0 Å². The number of piperidine rings is 1. The number of nitrogens with one attached hydrogen (secondary N) is 9. The predicted octanol–water partition coefficient (Wildman–Crippen LogP) is 17.2. The first-order valence-corrected chi connectivity index (χ1v) is 47.6. The zero-order valence-electron chi connectivity index (χ0n) is 82.4. The van der Waals surface area contributed by atoms with E-state index in [4.69, 9.17) is 24.1 Å². The molecule has 12 aromatic rings. The van der Waals surface area contributed by atoms with Crippen LogP contribution in [-0.4, -0.2) is 256 Å². The molecule has 10 N–H and O–H groups in total. The molecule has 0 unspecified atom stereocenters. The Balaban J connectivity index is 0.000000172. The Morgan fingerprint density at radius 1 is 0.421 bits per heavy atom. The second kappa shape index (κ2) is 56.0. The number of piperazine rings is 1. The average Bonchev–Trinajstić information content (AvgIpc) is 0.840. The molecule has 3 fully saturated rings. The van der Waals surface area contributed by atoms with Crippen molar-refractivity contribution in [2.45, 2.75) is 46.3 Å². The number of hydrogen-bond donors (Lipinski definition) is 10. The van der Waals surface area contributed by atoms with Gasteiger partial charge in [-0.1, -0.05) is 107 Å². The lowest BCUT2D eigenvalue weighted by Crippen LogP contribution is -2.47. The van der Waals surface area contributed by atoms with Crippen LogP contribution in [0.4, 0.5) is 122 Å². The lowest BCUT2D eigenvalue weighted by molar-refractivity contribution is -0.126. The average molecular weight is 1980 g/mol. The Bertz CT molecular complexity index is 6240. The van der Waals surface area contributed by atoms with Gasteiger partial charge in [-0.25, -0.2) is 37.5 Å². The summed E-state index contributed by atoms with van der Waals surface area (Å²) >= 11 is 0. The van der Waals surface area contributed by atoms with Gasteiger partial charge in [0.1, 0.15) is 30.5 Å². The summed E-state index contributed by atoms with van der Waals surface area (Å²) in [6.45, 7) is 35.0. The summed E-state index contributed by atoms with van der Waals surface area (Å²) in [5.74, 6) is 0.794. The Hall–Kier alpha value is -16.0. The van der Waals surface area contributed by atoms with Gasteiger partial charge in [0.2, 0.25) is 47.4 Å². The van der Waals surface area contributed by atoms with Crippen LogP contribution in [0, 0.1) is 29.2 Å². The summed E-state index contributed by atoms with van der Waals surface area (Å²) in [6.07, 6.45) is 11.7. The van der Waals surface area contributed by atoms with Crippen molar-refractivity contribution in [1.29, 1.82) is 0 Å². The minimum Gasteiger partial charge on any atom is -0.493 e. The molecule has 4 amide bonds. The molecular formula is C107H125F4N25O9. The van der Waals surface area contributed by atoms with Gasteiger partial charge in [-0.15, -0.1) is 0 Å². The van der Waals surface area contributed by atoms with E-state index in [1.165, 1.54) is 24.3 Å². The van der Waals surface area contributed by atoms with E-state index < -0.39 is 23.3 Å². The first-order chi connectivity index (χ1) is 70.3. The van der Waals surface area contributed by atoms with E-state index in [-0.39, 0.29) is 77.3 Å². The second-order valence-corrected chi connectivity index (χ2v) is 34.0. The molecule has 0 saturated carbocycles. The minimum absolute atomic E-state index is 0.00684. The molecule has 0 atom stereocenters. The van der Waals surface area contributed by atoms with Crippen molar-refractivity contribution in [2.75, 3.05) is 206 Å². The number of likely N-dealkylation sites (tertiary alicyclic amines) is 1. The molecule has 0 spiro atoms. The molecule has 8 aromatic carbocycles. The Morgan fingerprint density at radius 3 is 1.17 bits per heavy atom. The molecule has 34 nitrogen and oxygen atoms in total. The molecule has 3 aliphatic rings. The predicted molar refractivity (Wildman–Crippen MR) is 562 cm³/mol. The number of likely N-dealkylation sites (N-methyl/N-ethyl adjacent to an activating group) is 4. The number of morpholine rings is 1. The van der Waals surface area contributed by atoms with E-state index >= 15 is 0 Å². The van der Waals surface area contributed by atoms with Crippen molar-refractivity contribution < 1.29 is 60.8 Å². The van der Waals surface area contributed by atoms with E-state index in [9.17, 15) is 36.7 Å². The molecule has 3 saturated heterocycles. The number of anilines is 18. The van der Waals surface area contributed by atoms with E-state index in [2.05, 4.69) is 165 Å². The van der Waals surface area contributed by atoms with Crippen LogP contribution in [0.5, 0.6) is 17.2 Å². The summed E-state index contributed by atoms with van der Waals surface area (Å²) < 4.78 is 80.9. The lowest BCUT2D eigenvalue weighted by atomic mass is 9.98. The monoisotopic (exact) mass is 1980 g/mol. The van der Waals surface area contributed by atoms with E-state index in [1.54, 1.807) is 96.5 Å². The second-order valence-electron chi connectivity index (χ2n) is 34.0. The number of halogens is 4. The maximum atomic E-state index is 14.5. The molecular weight excluding hydrogens is 1860 g/mol. The number of amides is 4. The number of benzene rings is 8. The highest BCUT2D eigenvalue weighted by molar-refractivity contribution is 5.99. The third-order valence-corrected chi connectivity index (χ3v) is 23.3. The van der Waals surface area contributed by atoms with Crippen molar-refractivity contribution in [3.05, 3.63) is 309 Å². The standard InChI is InChI=1S/C28H33FN6O2.C27H32FN7O2.C27H33FN6O2.C25H27FN6O3/c1-4-26(36)35(3)18-20-8-10-22(11-9-20)31-27-25(29)17-30-28(33-27)32-23-6-5-7-24(16-23)37-19-21-12-14-34(2)15-13-21;1-3-25(37)33(2)19-20-7-9-21(10-8-20)30-26-24(28)18-29-27(32-26)31-22-5-4-6-23(17-22)35-13-11-34(12-14-35)15-16-36;1-5-25(35)33(4)19-20-11-13-21(14-12-20)30-26-24(28)18-29-27(32-26)31-22-9-8-10-23(17-22)36-16-15-34(6-2)7-3;1-2-23(33)28-18-5-3-6-19(15-18)29-24-22(26)17-27-25(31-24)30-20-7-4-8-21(16-20)35-14-11-32-9-12-34-13-10-32/h4-11,16-17,21H,1,12-15,18-19H2,2-3H3,(H2,30,31,32,33);3-10,17-18,36H,1,11-16,19H2,2H3,(H2,29,30,31,32);5,8-14,17-18H,1,6-7,15-16,19H2,2-4H3,(H2,29,30,31,32);2-8,15-17H,1,9-14H2,(H,28,33)(H2,27,29,30,31). The largest absolute Gasteiger partial charge is 0.493 e. The fraction of sp³-hybridized carbons (Fsp3) is 0.290. The first kappa shape index (κ1) is 108. The number of carbonyl (C=O) groups excluding carboxylic acids is 4. The Morgan fingerprint density at radius 2 is 0.779 bits per heavy atom. The summed E-state index contributed by atoms with van der Waals surface area (Å²) in [6, 6.07) is 59.3. The fourth-order valence-corrected chi connectivity index (χ4v) is 15.1. The quantitative estimate of drug-likeness (QED) is 0.0125. The number of ether oxygens (including phenoxy) is 4. The maximum absolute atomic E-state index is 14.5. The molecule has 760 valence electrons. The third-order valence-electron chi connectivity index (χ3n) is 23.3. The molecule has 4 aromatic heterocycles. The topological polar surface area (TPSA) is 363 Å². The summed E-state index contributed by atoms with van der Waals surface area (Å²) in [7, 11) is 7.26. The van der Waals surface area contributed by atoms with Crippen LogP contribution in [0.1, 0.15) is 43.4 Å². The molecule has 0 radical (unpaired) electrons. The number of aromatic nitrogens is 8. The van der Waals surface area contributed by atoms with Crippen molar-refractivity contribution >= 4 is 128 Å². The van der Waals surface area contributed by atoms with Crippen LogP contribution in [0.25, 0.3) is 0 Å². The van der Waals surface area contributed by atoms with Crippen LogP contribution < -0.4 is 67.0 Å². The van der Waals surface area contributed by atoms with Crippen LogP contribution >= 0.6 is 0 Å². The van der Waals surface area contributed by atoms with Gasteiger partial charge in [0.25, 0.3) is 0 Å². The fourth-order valence-electron chi connectivity index (χ4n) is 15.1. The molecule has 7 heterocycles. The van der Waals surface area contributed by atoms with Crippen LogP contribution in [0.3, 0.4) is 0 Å². The molecule has 3 aliphatic heterocycles. The number of nitrogens with zero attached hydrogens (tertiary/aromatic N) is 16. The molecule has 38 heteroatoms. The van der Waals surface area contributed by atoms with Crippen LogP contribution in [-0.2, 0) is 43.5 Å². The van der Waals surface area contributed by atoms with E-state index in [0.717, 1.165) is 180 Å². The molecule has 0 bridgehead atoms. The highest BCUT2D eigenvalue weighted by Crippen LogP contribution is 2.32.